The maximum absolute atomic E-state index is 2.48. The van der Waals surface area contributed by atoms with Gasteiger partial charge in [0.1, 0.15) is 0 Å². The maximum atomic E-state index is 2.48. The van der Waals surface area contributed by atoms with Gasteiger partial charge in [0.05, 0.1) is 0 Å². The van der Waals surface area contributed by atoms with Crippen LogP contribution in [-0.2, 0) is 6.54 Å². The van der Waals surface area contributed by atoms with Gasteiger partial charge in [-0.25, -0.2) is 0 Å². The zero-order chi connectivity index (χ0) is 9.80. The lowest BCUT2D eigenvalue weighted by atomic mass is 10.2. The smallest absolute Gasteiger partial charge is 0.0240 e. The number of benzene rings is 1. The summed E-state index contributed by atoms with van der Waals surface area (Å²) >= 11 is 0. The fourth-order valence-corrected chi connectivity index (χ4v) is 1.89. The van der Waals surface area contributed by atoms with Crippen LogP contribution in [-0.4, -0.2) is 18.0 Å². The van der Waals surface area contributed by atoms with E-state index in [2.05, 4.69) is 48.2 Å². The molecule has 0 atom stereocenters. The van der Waals surface area contributed by atoms with Crippen molar-refractivity contribution in [3.8, 4) is 0 Å². The van der Waals surface area contributed by atoms with Crippen LogP contribution in [0.4, 0.5) is 0 Å². The highest BCUT2D eigenvalue weighted by Gasteiger charge is 2.12. The first kappa shape index (κ1) is 9.47. The van der Waals surface area contributed by atoms with Crippen LogP contribution in [0.5, 0.6) is 0 Å². The second kappa shape index (κ2) is 4.43. The van der Waals surface area contributed by atoms with Crippen molar-refractivity contribution in [3.63, 3.8) is 0 Å². The molecule has 1 heteroatoms. The molecule has 2 rings (SSSR count). The minimum absolute atomic E-state index is 1.08. The summed E-state index contributed by atoms with van der Waals surface area (Å²) in [7, 11) is 0. The van der Waals surface area contributed by atoms with Crippen LogP contribution >= 0.6 is 0 Å². The van der Waals surface area contributed by atoms with Gasteiger partial charge in [-0.1, -0.05) is 48.9 Å². The van der Waals surface area contributed by atoms with Gasteiger partial charge in [-0.15, -0.1) is 0 Å². The summed E-state index contributed by atoms with van der Waals surface area (Å²) in [6.45, 7) is 5.60. The summed E-state index contributed by atoms with van der Waals surface area (Å²) in [6, 6.07) is 10.7. The largest absolute Gasteiger partial charge is 0.292 e. The summed E-state index contributed by atoms with van der Waals surface area (Å²) in [4.78, 5) is 2.48. The number of hydrogen-bond acceptors (Lipinski definition) is 1. The van der Waals surface area contributed by atoms with Crippen molar-refractivity contribution < 1.29 is 0 Å². The van der Waals surface area contributed by atoms with Crippen molar-refractivity contribution in [2.75, 3.05) is 13.1 Å². The molecule has 0 bridgehead atoms. The van der Waals surface area contributed by atoms with E-state index < -0.39 is 0 Å². The van der Waals surface area contributed by atoms with E-state index in [1.54, 1.807) is 5.57 Å². The Labute approximate surface area is 86.1 Å². The molecule has 0 radical (unpaired) electrons. The van der Waals surface area contributed by atoms with Gasteiger partial charge in [0.25, 0.3) is 0 Å². The van der Waals surface area contributed by atoms with E-state index in [9.17, 15) is 0 Å². The molecule has 0 aromatic heterocycles. The normalized spacial score (nSPS) is 17.1. The predicted molar refractivity (Wildman–Crippen MR) is 60.1 cm³/mol. The minimum Gasteiger partial charge on any atom is -0.292 e. The zero-order valence-corrected chi connectivity index (χ0v) is 8.74. The number of nitrogens with zero attached hydrogens (tertiary/aromatic N) is 1. The third-order valence-electron chi connectivity index (χ3n) is 2.77. The summed E-state index contributed by atoms with van der Waals surface area (Å²) in [5.41, 5.74) is 3.00. The average molecular weight is 187 g/mol. The molecule has 0 unspecified atom stereocenters. The Bertz CT molecular complexity index is 313. The maximum Gasteiger partial charge on any atom is 0.0240 e. The molecule has 0 spiro atoms. The second-order valence-corrected chi connectivity index (χ2v) is 3.87. The fraction of sp³-hybridized carbons (Fsp3) is 0.385. The van der Waals surface area contributed by atoms with E-state index in [1.807, 2.05) is 0 Å². The van der Waals surface area contributed by atoms with E-state index >= 15 is 0 Å². The van der Waals surface area contributed by atoms with Gasteiger partial charge in [-0.3, -0.25) is 4.90 Å². The van der Waals surface area contributed by atoms with Crippen molar-refractivity contribution in [3.05, 3.63) is 47.5 Å². The van der Waals surface area contributed by atoms with E-state index in [0.29, 0.717) is 0 Å². The number of rotatable bonds is 3. The third kappa shape index (κ3) is 2.24. The van der Waals surface area contributed by atoms with Gasteiger partial charge in [-0.2, -0.15) is 0 Å². The molecule has 0 amide bonds. The van der Waals surface area contributed by atoms with Crippen molar-refractivity contribution in [2.45, 2.75) is 19.9 Å². The minimum atomic E-state index is 1.08. The molecule has 1 aliphatic heterocycles. The first-order chi connectivity index (χ1) is 6.88. The van der Waals surface area contributed by atoms with Gasteiger partial charge in [0.15, 0.2) is 0 Å². The Morgan fingerprint density at radius 1 is 1.21 bits per heavy atom. The monoisotopic (exact) mass is 187 g/mol. The molecule has 0 saturated heterocycles. The first-order valence-corrected chi connectivity index (χ1v) is 5.32. The quantitative estimate of drug-likeness (QED) is 0.658. The van der Waals surface area contributed by atoms with Crippen LogP contribution in [0.2, 0.25) is 0 Å². The molecule has 0 aliphatic carbocycles. The second-order valence-electron chi connectivity index (χ2n) is 3.87. The van der Waals surface area contributed by atoms with Gasteiger partial charge >= 0.3 is 0 Å². The highest BCUT2D eigenvalue weighted by atomic mass is 15.1. The van der Waals surface area contributed by atoms with E-state index in [1.165, 1.54) is 12.0 Å². The van der Waals surface area contributed by atoms with Gasteiger partial charge < -0.3 is 0 Å². The van der Waals surface area contributed by atoms with Crippen molar-refractivity contribution >= 4 is 0 Å². The zero-order valence-electron chi connectivity index (χ0n) is 8.74. The molecule has 1 nitrogen and oxygen atoms in total. The summed E-state index contributed by atoms with van der Waals surface area (Å²) in [6.07, 6.45) is 3.56. The van der Waals surface area contributed by atoms with Crippen molar-refractivity contribution in [1.82, 2.24) is 4.90 Å². The molecule has 0 fully saturated rings. The van der Waals surface area contributed by atoms with E-state index in [4.69, 9.17) is 0 Å². The molecule has 0 N–H and O–H groups in total. The Morgan fingerprint density at radius 2 is 2.00 bits per heavy atom. The molecular weight excluding hydrogens is 170 g/mol. The Hall–Kier alpha value is -1.08. The Balaban J connectivity index is 1.90. The fourth-order valence-electron chi connectivity index (χ4n) is 1.89. The first-order valence-electron chi connectivity index (χ1n) is 5.32. The Kier molecular flexibility index (Phi) is 3.00. The summed E-state index contributed by atoms with van der Waals surface area (Å²) in [5, 5.41) is 0. The molecule has 1 aliphatic rings. The lowest BCUT2D eigenvalue weighted by Gasteiger charge is -2.15. The van der Waals surface area contributed by atoms with Crippen LogP contribution < -0.4 is 0 Å². The standard InChI is InChI=1S/C13H17N/c1-2-12-8-9-14(10-12)11-13-6-4-3-5-7-13/h3-8H,2,9-11H2,1H3. The van der Waals surface area contributed by atoms with Gasteiger partial charge in [0.2, 0.25) is 0 Å². The SMILES string of the molecule is CCC1=CCN(Cc2ccccc2)C1. The molecule has 0 saturated carbocycles. The van der Waals surface area contributed by atoms with Crippen LogP contribution in [0.3, 0.4) is 0 Å². The number of hydrogen-bond donors (Lipinski definition) is 0. The van der Waals surface area contributed by atoms with Crippen molar-refractivity contribution in [1.29, 1.82) is 0 Å². The highest BCUT2D eigenvalue weighted by Crippen LogP contribution is 2.14. The molecular formula is C13H17N. The van der Waals surface area contributed by atoms with Gasteiger partial charge in [0, 0.05) is 19.6 Å². The van der Waals surface area contributed by atoms with E-state index in [0.717, 1.165) is 19.6 Å². The topological polar surface area (TPSA) is 3.24 Å². The molecule has 74 valence electrons. The summed E-state index contributed by atoms with van der Waals surface area (Å²) < 4.78 is 0. The Morgan fingerprint density at radius 3 is 2.64 bits per heavy atom. The molecule has 1 aromatic carbocycles. The predicted octanol–water partition coefficient (Wildman–Crippen LogP) is 2.84. The lowest BCUT2D eigenvalue weighted by Crippen LogP contribution is -2.20. The molecule has 14 heavy (non-hydrogen) atoms. The summed E-state index contributed by atoms with van der Waals surface area (Å²) in [5.74, 6) is 0. The van der Waals surface area contributed by atoms with Gasteiger partial charge in [-0.05, 0) is 12.0 Å². The molecule has 1 heterocycles. The highest BCUT2D eigenvalue weighted by molar-refractivity contribution is 5.17. The van der Waals surface area contributed by atoms with E-state index in [-0.39, 0.29) is 0 Å². The average Bonchev–Trinajstić information content (AvgIpc) is 2.67. The van der Waals surface area contributed by atoms with Crippen molar-refractivity contribution in [2.24, 2.45) is 0 Å². The van der Waals surface area contributed by atoms with Crippen LogP contribution in [0.1, 0.15) is 18.9 Å². The third-order valence-corrected chi connectivity index (χ3v) is 2.77. The lowest BCUT2D eigenvalue weighted by molar-refractivity contribution is 0.339. The van der Waals surface area contributed by atoms with Crippen LogP contribution in [0, 0.1) is 0 Å². The van der Waals surface area contributed by atoms with Crippen LogP contribution in [0.15, 0.2) is 42.0 Å². The molecule has 1 aromatic rings. The van der Waals surface area contributed by atoms with Crippen LogP contribution in [0.25, 0.3) is 0 Å².